The molecule has 0 saturated carbocycles. The molecule has 0 fully saturated rings. The Morgan fingerprint density at radius 1 is 1.57 bits per heavy atom. The van der Waals surface area contributed by atoms with E-state index in [-0.39, 0.29) is 5.78 Å². The van der Waals surface area contributed by atoms with E-state index >= 15 is 0 Å². The van der Waals surface area contributed by atoms with Crippen LogP contribution in [0.2, 0.25) is 0 Å². The number of ketones is 1. The lowest BCUT2D eigenvalue weighted by atomic mass is 10.1. The van der Waals surface area contributed by atoms with Gasteiger partial charge < -0.3 is 10.4 Å². The summed E-state index contributed by atoms with van der Waals surface area (Å²) in [5.41, 5.74) is 0.620. The van der Waals surface area contributed by atoms with Crippen LogP contribution in [-0.2, 0) is 9.59 Å². The molecule has 0 amide bonds. The second kappa shape index (κ2) is 4.41. The Hall–Kier alpha value is -1.84. The lowest BCUT2D eigenvalue weighted by Crippen LogP contribution is -2.35. The van der Waals surface area contributed by atoms with E-state index < -0.39 is 12.0 Å². The second-order valence-electron chi connectivity index (χ2n) is 2.91. The minimum Gasteiger partial charge on any atom is -0.479 e. The van der Waals surface area contributed by atoms with Gasteiger partial charge in [-0.05, 0) is 25.2 Å². The van der Waals surface area contributed by atoms with E-state index in [9.17, 15) is 9.59 Å². The summed E-state index contributed by atoms with van der Waals surface area (Å²) < 4.78 is 0. The zero-order valence-corrected chi connectivity index (χ0v) is 7.73. The van der Waals surface area contributed by atoms with Gasteiger partial charge in [0.25, 0.3) is 0 Å². The zero-order valence-electron chi connectivity index (χ0n) is 7.73. The summed E-state index contributed by atoms with van der Waals surface area (Å²) in [5.74, 6) is -1.02. The van der Waals surface area contributed by atoms with Crippen LogP contribution in [0.1, 0.15) is 6.92 Å². The van der Waals surface area contributed by atoms with Crippen molar-refractivity contribution in [2.75, 3.05) is 0 Å². The second-order valence-corrected chi connectivity index (χ2v) is 2.91. The molecule has 2 N–H and O–H groups in total. The lowest BCUT2D eigenvalue weighted by Gasteiger charge is -2.15. The molecule has 0 radical (unpaired) electrons. The molecule has 0 aromatic heterocycles. The van der Waals surface area contributed by atoms with Crippen LogP contribution in [0.25, 0.3) is 0 Å². The summed E-state index contributed by atoms with van der Waals surface area (Å²) in [6.07, 6.45) is 7.83. The number of carbonyl (C=O) groups is 2. The number of hydrogen-bond donors (Lipinski definition) is 2. The molecule has 4 nitrogen and oxygen atoms in total. The molecular weight excluding hydrogens is 182 g/mol. The Bertz CT molecular complexity index is 339. The Morgan fingerprint density at radius 2 is 2.29 bits per heavy atom. The Morgan fingerprint density at radius 3 is 2.86 bits per heavy atom. The normalized spacial score (nSPS) is 20.4. The van der Waals surface area contributed by atoms with Gasteiger partial charge in [-0.25, -0.2) is 4.79 Å². The molecule has 1 heterocycles. The van der Waals surface area contributed by atoms with Gasteiger partial charge in [-0.15, -0.1) is 0 Å². The standard InChI is InChI=1S/C10H11NO3/c1-7(12)5-6-8-3-2-4-9(11-8)10(13)14/h2-6,9,11H,1H3,(H,13,14)/b6-5+. The zero-order chi connectivity index (χ0) is 10.6. The quantitative estimate of drug-likeness (QED) is 0.645. The summed E-state index contributed by atoms with van der Waals surface area (Å²) >= 11 is 0. The summed E-state index contributed by atoms with van der Waals surface area (Å²) in [6, 6.07) is -0.716. The van der Waals surface area contributed by atoms with E-state index in [1.807, 2.05) is 0 Å². The lowest BCUT2D eigenvalue weighted by molar-refractivity contribution is -0.138. The van der Waals surface area contributed by atoms with E-state index in [4.69, 9.17) is 5.11 Å². The van der Waals surface area contributed by atoms with Crippen molar-refractivity contribution in [2.45, 2.75) is 13.0 Å². The smallest absolute Gasteiger partial charge is 0.330 e. The van der Waals surface area contributed by atoms with Crippen LogP contribution in [0, 0.1) is 0 Å². The van der Waals surface area contributed by atoms with Gasteiger partial charge in [0.15, 0.2) is 5.78 Å². The van der Waals surface area contributed by atoms with E-state index in [1.165, 1.54) is 19.1 Å². The van der Waals surface area contributed by atoms with Crippen molar-refractivity contribution in [3.8, 4) is 0 Å². The Kier molecular flexibility index (Phi) is 3.23. The summed E-state index contributed by atoms with van der Waals surface area (Å²) in [7, 11) is 0. The molecule has 0 aromatic rings. The summed E-state index contributed by atoms with van der Waals surface area (Å²) in [5, 5.41) is 11.4. The van der Waals surface area contributed by atoms with Crippen LogP contribution in [0.15, 0.2) is 36.1 Å². The topological polar surface area (TPSA) is 66.4 Å². The van der Waals surface area contributed by atoms with Gasteiger partial charge in [-0.1, -0.05) is 12.2 Å². The molecule has 1 aliphatic heterocycles. The molecule has 1 aliphatic rings. The fourth-order valence-electron chi connectivity index (χ4n) is 1.00. The molecule has 0 spiro atoms. The first kappa shape index (κ1) is 10.2. The maximum Gasteiger partial charge on any atom is 0.330 e. The molecule has 4 heteroatoms. The average molecular weight is 193 g/mol. The van der Waals surface area contributed by atoms with Crippen molar-refractivity contribution in [3.05, 3.63) is 36.1 Å². The van der Waals surface area contributed by atoms with Crippen molar-refractivity contribution in [3.63, 3.8) is 0 Å². The highest BCUT2D eigenvalue weighted by Crippen LogP contribution is 2.03. The van der Waals surface area contributed by atoms with E-state index in [0.29, 0.717) is 5.70 Å². The third-order valence-electron chi connectivity index (χ3n) is 1.67. The molecule has 74 valence electrons. The number of carboxylic acid groups (broad SMARTS) is 1. The fraction of sp³-hybridized carbons (Fsp3) is 0.200. The van der Waals surface area contributed by atoms with Crippen molar-refractivity contribution in [1.29, 1.82) is 0 Å². The highest BCUT2D eigenvalue weighted by molar-refractivity contribution is 5.87. The predicted octanol–water partition coefficient (Wildman–Crippen LogP) is 0.628. The van der Waals surface area contributed by atoms with Crippen molar-refractivity contribution >= 4 is 11.8 Å². The highest BCUT2D eigenvalue weighted by Gasteiger charge is 2.15. The van der Waals surface area contributed by atoms with Crippen LogP contribution in [0.4, 0.5) is 0 Å². The summed E-state index contributed by atoms with van der Waals surface area (Å²) in [6.45, 7) is 1.43. The molecule has 1 unspecified atom stereocenters. The van der Waals surface area contributed by atoms with Gasteiger partial charge in [-0.3, -0.25) is 4.79 Å². The van der Waals surface area contributed by atoms with Crippen LogP contribution in [0.3, 0.4) is 0 Å². The SMILES string of the molecule is CC(=O)/C=C/C1=CC=CC(C(=O)O)N1. The number of aliphatic carboxylic acids is 1. The fourth-order valence-corrected chi connectivity index (χ4v) is 1.00. The number of dihydropyridines is 1. The molecule has 0 aliphatic carbocycles. The third-order valence-corrected chi connectivity index (χ3v) is 1.67. The van der Waals surface area contributed by atoms with Crippen LogP contribution >= 0.6 is 0 Å². The van der Waals surface area contributed by atoms with Gasteiger partial charge in [-0.2, -0.15) is 0 Å². The third kappa shape index (κ3) is 2.90. The van der Waals surface area contributed by atoms with Crippen LogP contribution < -0.4 is 5.32 Å². The van der Waals surface area contributed by atoms with E-state index in [2.05, 4.69) is 5.32 Å². The Labute approximate surface area is 81.6 Å². The van der Waals surface area contributed by atoms with Gasteiger partial charge in [0.1, 0.15) is 6.04 Å². The number of allylic oxidation sites excluding steroid dienone is 4. The van der Waals surface area contributed by atoms with Crippen LogP contribution in [0.5, 0.6) is 0 Å². The molecule has 0 bridgehead atoms. The van der Waals surface area contributed by atoms with Gasteiger partial charge >= 0.3 is 5.97 Å². The molecule has 14 heavy (non-hydrogen) atoms. The first-order valence-corrected chi connectivity index (χ1v) is 4.16. The molecule has 1 rings (SSSR count). The highest BCUT2D eigenvalue weighted by atomic mass is 16.4. The van der Waals surface area contributed by atoms with Gasteiger partial charge in [0, 0.05) is 5.70 Å². The predicted molar refractivity (Wildman–Crippen MR) is 51.6 cm³/mol. The number of carbonyl (C=O) groups excluding carboxylic acids is 1. The number of rotatable bonds is 3. The number of nitrogens with one attached hydrogen (secondary N) is 1. The maximum atomic E-state index is 10.6. The number of hydrogen-bond acceptors (Lipinski definition) is 3. The van der Waals surface area contributed by atoms with Crippen LogP contribution in [-0.4, -0.2) is 22.9 Å². The average Bonchev–Trinajstić information content (AvgIpc) is 2.15. The van der Waals surface area contributed by atoms with Gasteiger partial charge in [0.05, 0.1) is 0 Å². The summed E-state index contributed by atoms with van der Waals surface area (Å²) in [4.78, 5) is 21.2. The molecule has 0 saturated heterocycles. The minimum absolute atomic E-state index is 0.0749. The first-order valence-electron chi connectivity index (χ1n) is 4.16. The maximum absolute atomic E-state index is 10.6. The van der Waals surface area contributed by atoms with Crippen molar-refractivity contribution in [2.24, 2.45) is 0 Å². The molecule has 0 aromatic carbocycles. The number of carboxylic acids is 1. The first-order chi connectivity index (χ1) is 6.59. The van der Waals surface area contributed by atoms with Gasteiger partial charge in [0.2, 0.25) is 0 Å². The van der Waals surface area contributed by atoms with E-state index in [0.717, 1.165) is 0 Å². The van der Waals surface area contributed by atoms with Crippen molar-refractivity contribution < 1.29 is 14.7 Å². The molecule has 1 atom stereocenters. The molecular formula is C10H11NO3. The minimum atomic E-state index is -0.942. The Balaban J connectivity index is 2.66. The monoisotopic (exact) mass is 193 g/mol. The van der Waals surface area contributed by atoms with Crippen molar-refractivity contribution in [1.82, 2.24) is 5.32 Å². The largest absolute Gasteiger partial charge is 0.479 e. The van der Waals surface area contributed by atoms with E-state index in [1.54, 1.807) is 18.2 Å².